The molecule has 2 heterocycles. The minimum Gasteiger partial charge on any atom is -0.309 e. The maximum absolute atomic E-state index is 4.39. The Labute approximate surface area is 71.6 Å². The van der Waals surface area contributed by atoms with Crippen molar-refractivity contribution in [1.29, 1.82) is 0 Å². The molecule has 12 heavy (non-hydrogen) atoms. The molecule has 0 amide bonds. The standard InChI is InChI=1S/C9H11N3/c1-2-4-11-8(3-1)9-7-10-5-6-12-9/h1-4,10H,5-7H2. The van der Waals surface area contributed by atoms with Crippen LogP contribution in [0.5, 0.6) is 0 Å². The maximum Gasteiger partial charge on any atom is 0.0853 e. The highest BCUT2D eigenvalue weighted by atomic mass is 15.0. The lowest BCUT2D eigenvalue weighted by Gasteiger charge is -2.11. The van der Waals surface area contributed by atoms with E-state index in [9.17, 15) is 0 Å². The Morgan fingerprint density at radius 2 is 2.33 bits per heavy atom. The smallest absolute Gasteiger partial charge is 0.0853 e. The van der Waals surface area contributed by atoms with Gasteiger partial charge in [-0.3, -0.25) is 9.98 Å². The number of aliphatic imine (C=N–C) groups is 1. The number of hydrogen-bond acceptors (Lipinski definition) is 3. The van der Waals surface area contributed by atoms with Crippen molar-refractivity contribution in [2.75, 3.05) is 19.6 Å². The van der Waals surface area contributed by atoms with Crippen molar-refractivity contribution >= 4 is 5.71 Å². The molecule has 3 nitrogen and oxygen atoms in total. The van der Waals surface area contributed by atoms with Crippen molar-refractivity contribution in [1.82, 2.24) is 10.3 Å². The van der Waals surface area contributed by atoms with E-state index in [0.29, 0.717) is 0 Å². The van der Waals surface area contributed by atoms with Crippen molar-refractivity contribution < 1.29 is 0 Å². The third-order valence-electron chi connectivity index (χ3n) is 1.84. The van der Waals surface area contributed by atoms with E-state index in [4.69, 9.17) is 0 Å². The molecule has 0 aromatic carbocycles. The van der Waals surface area contributed by atoms with E-state index < -0.39 is 0 Å². The summed E-state index contributed by atoms with van der Waals surface area (Å²) in [6.45, 7) is 2.69. The first-order valence-electron chi connectivity index (χ1n) is 4.12. The predicted molar refractivity (Wildman–Crippen MR) is 48.5 cm³/mol. The summed E-state index contributed by atoms with van der Waals surface area (Å²) in [7, 11) is 0. The van der Waals surface area contributed by atoms with Gasteiger partial charge in [0.2, 0.25) is 0 Å². The molecule has 0 atom stereocenters. The molecule has 0 unspecified atom stereocenters. The molecule has 0 saturated carbocycles. The van der Waals surface area contributed by atoms with E-state index in [0.717, 1.165) is 31.0 Å². The van der Waals surface area contributed by atoms with Gasteiger partial charge < -0.3 is 5.32 Å². The molecule has 1 N–H and O–H groups in total. The van der Waals surface area contributed by atoms with E-state index in [-0.39, 0.29) is 0 Å². The summed E-state index contributed by atoms with van der Waals surface area (Å²) < 4.78 is 0. The van der Waals surface area contributed by atoms with Gasteiger partial charge in [0.15, 0.2) is 0 Å². The molecule has 0 spiro atoms. The third-order valence-corrected chi connectivity index (χ3v) is 1.84. The molecule has 0 radical (unpaired) electrons. The van der Waals surface area contributed by atoms with Crippen molar-refractivity contribution in [2.45, 2.75) is 0 Å². The molecule has 1 aromatic rings. The van der Waals surface area contributed by atoms with Crippen LogP contribution in [-0.4, -0.2) is 30.3 Å². The minimum absolute atomic E-state index is 0.844. The third kappa shape index (κ3) is 1.51. The average molecular weight is 161 g/mol. The topological polar surface area (TPSA) is 37.3 Å². The van der Waals surface area contributed by atoms with Gasteiger partial charge in [0.05, 0.1) is 18.0 Å². The Morgan fingerprint density at radius 1 is 1.33 bits per heavy atom. The summed E-state index contributed by atoms with van der Waals surface area (Å²) in [4.78, 5) is 8.62. The molecular formula is C9H11N3. The fourth-order valence-corrected chi connectivity index (χ4v) is 1.24. The molecule has 62 valence electrons. The number of aromatic nitrogens is 1. The lowest BCUT2D eigenvalue weighted by Crippen LogP contribution is -2.31. The van der Waals surface area contributed by atoms with Gasteiger partial charge in [-0.05, 0) is 12.1 Å². The number of rotatable bonds is 1. The summed E-state index contributed by atoms with van der Waals surface area (Å²) in [5.74, 6) is 0. The van der Waals surface area contributed by atoms with E-state index in [1.165, 1.54) is 0 Å². The van der Waals surface area contributed by atoms with Gasteiger partial charge in [-0.2, -0.15) is 0 Å². The van der Waals surface area contributed by atoms with Crippen LogP contribution in [0.15, 0.2) is 29.4 Å². The fourth-order valence-electron chi connectivity index (χ4n) is 1.24. The van der Waals surface area contributed by atoms with Crippen molar-refractivity contribution in [3.8, 4) is 0 Å². The van der Waals surface area contributed by atoms with E-state index in [1.807, 2.05) is 18.2 Å². The number of hydrogen-bond donors (Lipinski definition) is 1. The molecule has 0 fully saturated rings. The summed E-state index contributed by atoms with van der Waals surface area (Å²) >= 11 is 0. The number of nitrogens with zero attached hydrogens (tertiary/aromatic N) is 2. The quantitative estimate of drug-likeness (QED) is 0.650. The fraction of sp³-hybridized carbons (Fsp3) is 0.333. The largest absolute Gasteiger partial charge is 0.309 e. The number of nitrogens with one attached hydrogen (secondary N) is 1. The highest BCUT2D eigenvalue weighted by Crippen LogP contribution is 1.98. The first-order valence-corrected chi connectivity index (χ1v) is 4.12. The van der Waals surface area contributed by atoms with Crippen molar-refractivity contribution in [2.24, 2.45) is 4.99 Å². The van der Waals surface area contributed by atoms with Crippen molar-refractivity contribution in [3.05, 3.63) is 30.1 Å². The Morgan fingerprint density at radius 3 is 3.00 bits per heavy atom. The monoisotopic (exact) mass is 161 g/mol. The molecule has 0 bridgehead atoms. The van der Waals surface area contributed by atoms with Crippen LogP contribution in [0.1, 0.15) is 5.69 Å². The predicted octanol–water partition coefficient (Wildman–Crippen LogP) is 0.474. The molecule has 1 aromatic heterocycles. The van der Waals surface area contributed by atoms with Crippen LogP contribution in [0, 0.1) is 0 Å². The highest BCUT2D eigenvalue weighted by molar-refractivity contribution is 6.00. The molecule has 1 aliphatic rings. The Balaban J connectivity index is 2.24. The van der Waals surface area contributed by atoms with Crippen LogP contribution in [-0.2, 0) is 0 Å². The van der Waals surface area contributed by atoms with E-state index in [1.54, 1.807) is 6.20 Å². The Kier molecular flexibility index (Phi) is 2.14. The van der Waals surface area contributed by atoms with Crippen LogP contribution in [0.25, 0.3) is 0 Å². The van der Waals surface area contributed by atoms with Gasteiger partial charge in [0, 0.05) is 19.3 Å². The van der Waals surface area contributed by atoms with Crippen LogP contribution in [0.2, 0.25) is 0 Å². The minimum atomic E-state index is 0.844. The van der Waals surface area contributed by atoms with Gasteiger partial charge in [-0.25, -0.2) is 0 Å². The lowest BCUT2D eigenvalue weighted by atomic mass is 10.2. The second kappa shape index (κ2) is 3.45. The normalized spacial score (nSPS) is 17.2. The zero-order valence-electron chi connectivity index (χ0n) is 6.83. The zero-order chi connectivity index (χ0) is 8.23. The molecule has 1 aliphatic heterocycles. The Hall–Kier alpha value is -1.22. The van der Waals surface area contributed by atoms with Crippen LogP contribution in [0.4, 0.5) is 0 Å². The van der Waals surface area contributed by atoms with Gasteiger partial charge in [0.25, 0.3) is 0 Å². The number of pyridine rings is 1. The molecular weight excluding hydrogens is 150 g/mol. The molecule has 3 heteroatoms. The maximum atomic E-state index is 4.39. The van der Waals surface area contributed by atoms with Gasteiger partial charge >= 0.3 is 0 Å². The second-order valence-corrected chi connectivity index (χ2v) is 2.72. The van der Waals surface area contributed by atoms with Gasteiger partial charge in [0.1, 0.15) is 0 Å². The van der Waals surface area contributed by atoms with Crippen molar-refractivity contribution in [3.63, 3.8) is 0 Å². The van der Waals surface area contributed by atoms with E-state index in [2.05, 4.69) is 15.3 Å². The molecule has 0 saturated heterocycles. The summed E-state index contributed by atoms with van der Waals surface area (Å²) in [6, 6.07) is 5.89. The van der Waals surface area contributed by atoms with Gasteiger partial charge in [-0.1, -0.05) is 6.07 Å². The first-order chi connectivity index (χ1) is 5.97. The lowest BCUT2D eigenvalue weighted by molar-refractivity contribution is 0.735. The highest BCUT2D eigenvalue weighted by Gasteiger charge is 2.06. The van der Waals surface area contributed by atoms with Gasteiger partial charge in [-0.15, -0.1) is 0 Å². The van der Waals surface area contributed by atoms with E-state index >= 15 is 0 Å². The average Bonchev–Trinajstić information content (AvgIpc) is 2.21. The summed E-state index contributed by atoms with van der Waals surface area (Å²) in [5, 5.41) is 3.26. The second-order valence-electron chi connectivity index (χ2n) is 2.72. The molecule has 2 rings (SSSR count). The van der Waals surface area contributed by atoms with Crippen LogP contribution >= 0.6 is 0 Å². The molecule has 0 aliphatic carbocycles. The first kappa shape index (κ1) is 7.43. The zero-order valence-corrected chi connectivity index (χ0v) is 6.83. The summed E-state index contributed by atoms with van der Waals surface area (Å²) in [6.07, 6.45) is 1.80. The summed E-state index contributed by atoms with van der Waals surface area (Å²) in [5.41, 5.74) is 2.06. The van der Waals surface area contributed by atoms with Crippen LogP contribution in [0.3, 0.4) is 0 Å². The SMILES string of the molecule is c1ccc(C2=NCCNC2)nc1. The Bertz CT molecular complexity index is 279. The van der Waals surface area contributed by atoms with Crippen LogP contribution < -0.4 is 5.32 Å².